The van der Waals surface area contributed by atoms with Gasteiger partial charge in [-0.3, -0.25) is 4.68 Å². The first kappa shape index (κ1) is 11.2. The first-order chi connectivity index (χ1) is 6.63. The highest BCUT2D eigenvalue weighted by atomic mass is 15.2. The Bertz CT molecular complexity index is 267. The van der Waals surface area contributed by atoms with E-state index in [0.29, 0.717) is 12.0 Å². The fraction of sp³-hybridized carbons (Fsp3) is 0.727. The number of rotatable bonds is 5. The molecule has 14 heavy (non-hydrogen) atoms. The fourth-order valence-electron chi connectivity index (χ4n) is 1.60. The van der Waals surface area contributed by atoms with E-state index in [-0.39, 0.29) is 0 Å². The molecule has 2 atom stereocenters. The Balaban J connectivity index is 2.43. The van der Waals surface area contributed by atoms with E-state index < -0.39 is 0 Å². The third-order valence-electron chi connectivity index (χ3n) is 2.68. The number of nitrogens with zero attached hydrogens (tertiary/aromatic N) is 2. The average Bonchev–Trinajstić information content (AvgIpc) is 2.51. The molecule has 0 saturated heterocycles. The van der Waals surface area contributed by atoms with Crippen LogP contribution in [0.2, 0.25) is 0 Å². The Morgan fingerprint density at radius 1 is 1.50 bits per heavy atom. The maximum atomic E-state index is 4.38. The summed E-state index contributed by atoms with van der Waals surface area (Å²) in [6.45, 7) is 7.68. The van der Waals surface area contributed by atoms with Gasteiger partial charge in [0.1, 0.15) is 0 Å². The van der Waals surface area contributed by atoms with Crippen molar-refractivity contribution in [2.45, 2.75) is 33.2 Å². The second-order valence-corrected chi connectivity index (χ2v) is 4.01. The van der Waals surface area contributed by atoms with Crippen molar-refractivity contribution in [3.05, 3.63) is 18.0 Å². The zero-order chi connectivity index (χ0) is 10.6. The molecule has 0 aliphatic carbocycles. The third-order valence-corrected chi connectivity index (χ3v) is 2.68. The van der Waals surface area contributed by atoms with Gasteiger partial charge in [0, 0.05) is 19.3 Å². The highest BCUT2D eigenvalue weighted by Gasteiger charge is 2.12. The summed E-state index contributed by atoms with van der Waals surface area (Å²) in [4.78, 5) is 0. The lowest BCUT2D eigenvalue weighted by molar-refractivity contribution is 0.402. The Kier molecular flexibility index (Phi) is 4.14. The van der Waals surface area contributed by atoms with Gasteiger partial charge < -0.3 is 5.32 Å². The molecule has 0 amide bonds. The molecule has 0 fully saturated rings. The van der Waals surface area contributed by atoms with Crippen molar-refractivity contribution in [1.29, 1.82) is 0 Å². The molecular weight excluding hydrogens is 174 g/mol. The van der Waals surface area contributed by atoms with Crippen LogP contribution >= 0.6 is 0 Å². The van der Waals surface area contributed by atoms with Crippen LogP contribution in [0, 0.1) is 5.92 Å². The molecule has 0 radical (unpaired) electrons. The second kappa shape index (κ2) is 5.15. The average molecular weight is 195 g/mol. The van der Waals surface area contributed by atoms with Crippen molar-refractivity contribution >= 4 is 0 Å². The molecular formula is C11H21N3. The monoisotopic (exact) mass is 195 g/mol. The highest BCUT2D eigenvalue weighted by molar-refractivity contribution is 5.00. The molecule has 0 aromatic carbocycles. The largest absolute Gasteiger partial charge is 0.314 e. The van der Waals surface area contributed by atoms with Crippen LogP contribution in [0.4, 0.5) is 0 Å². The summed E-state index contributed by atoms with van der Waals surface area (Å²) in [5.41, 5.74) is 1.18. The van der Waals surface area contributed by atoms with Crippen LogP contribution < -0.4 is 5.32 Å². The molecule has 1 N–H and O–H groups in total. The van der Waals surface area contributed by atoms with Crippen molar-refractivity contribution in [2.75, 3.05) is 6.54 Å². The molecule has 1 aromatic rings. The number of aryl methyl sites for hydroxylation is 1. The van der Waals surface area contributed by atoms with Gasteiger partial charge >= 0.3 is 0 Å². The maximum absolute atomic E-state index is 4.38. The molecule has 3 nitrogen and oxygen atoms in total. The predicted octanol–water partition coefficient (Wildman–Crippen LogP) is 1.60. The van der Waals surface area contributed by atoms with Crippen LogP contribution in [0.25, 0.3) is 0 Å². The molecule has 1 heterocycles. The van der Waals surface area contributed by atoms with Crippen molar-refractivity contribution in [3.8, 4) is 0 Å². The summed E-state index contributed by atoms with van der Waals surface area (Å²) in [5.74, 6) is 0.629. The van der Waals surface area contributed by atoms with Crippen LogP contribution in [0.3, 0.4) is 0 Å². The molecule has 3 heteroatoms. The molecule has 0 aliphatic heterocycles. The quantitative estimate of drug-likeness (QED) is 0.773. The van der Waals surface area contributed by atoms with Crippen LogP contribution in [-0.2, 0) is 13.5 Å². The topological polar surface area (TPSA) is 29.9 Å². The van der Waals surface area contributed by atoms with Crippen LogP contribution in [-0.4, -0.2) is 22.4 Å². The summed E-state index contributed by atoms with van der Waals surface area (Å²) in [5, 5.41) is 7.82. The Hall–Kier alpha value is -0.830. The van der Waals surface area contributed by atoms with E-state index in [9.17, 15) is 0 Å². The van der Waals surface area contributed by atoms with Gasteiger partial charge in [-0.05, 0) is 31.9 Å². The Morgan fingerprint density at radius 3 is 2.71 bits per heavy atom. The van der Waals surface area contributed by atoms with Crippen molar-refractivity contribution in [1.82, 2.24) is 15.1 Å². The first-order valence-corrected chi connectivity index (χ1v) is 5.35. The summed E-state index contributed by atoms with van der Waals surface area (Å²) < 4.78 is 1.86. The lowest BCUT2D eigenvalue weighted by Crippen LogP contribution is -2.32. The van der Waals surface area contributed by atoms with E-state index in [0.717, 1.165) is 13.0 Å². The minimum Gasteiger partial charge on any atom is -0.314 e. The van der Waals surface area contributed by atoms with Gasteiger partial charge in [0.05, 0.1) is 5.69 Å². The van der Waals surface area contributed by atoms with Crippen LogP contribution in [0.1, 0.15) is 26.5 Å². The summed E-state index contributed by atoms with van der Waals surface area (Å²) in [7, 11) is 1.96. The predicted molar refractivity (Wildman–Crippen MR) is 59.2 cm³/mol. The molecule has 0 bridgehead atoms. The smallest absolute Gasteiger partial charge is 0.0627 e. The normalized spacial score (nSPS) is 15.4. The van der Waals surface area contributed by atoms with Crippen LogP contribution in [0.5, 0.6) is 0 Å². The molecule has 0 spiro atoms. The fourth-order valence-corrected chi connectivity index (χ4v) is 1.60. The van der Waals surface area contributed by atoms with E-state index in [1.165, 1.54) is 5.69 Å². The lowest BCUT2D eigenvalue weighted by Gasteiger charge is -2.19. The minimum absolute atomic E-state index is 0.557. The maximum Gasteiger partial charge on any atom is 0.0627 e. The summed E-state index contributed by atoms with van der Waals surface area (Å²) in [6, 6.07) is 2.65. The molecule has 2 unspecified atom stereocenters. The first-order valence-electron chi connectivity index (χ1n) is 5.35. The Labute approximate surface area is 86.5 Å². The Morgan fingerprint density at radius 2 is 2.21 bits per heavy atom. The number of hydrogen-bond acceptors (Lipinski definition) is 2. The number of aromatic nitrogens is 2. The van der Waals surface area contributed by atoms with Gasteiger partial charge in [-0.1, -0.05) is 13.8 Å². The molecule has 1 rings (SSSR count). The van der Waals surface area contributed by atoms with Crippen LogP contribution in [0.15, 0.2) is 12.3 Å². The molecule has 0 saturated carbocycles. The van der Waals surface area contributed by atoms with E-state index in [1.54, 1.807) is 0 Å². The second-order valence-electron chi connectivity index (χ2n) is 4.01. The standard InChI is InChI=1S/C11H21N3/c1-5-12-10(3)9(2)8-11-6-7-14(4)13-11/h6-7,9-10,12H,5,8H2,1-4H3. The van der Waals surface area contributed by atoms with E-state index in [4.69, 9.17) is 0 Å². The number of hydrogen-bond donors (Lipinski definition) is 1. The zero-order valence-corrected chi connectivity index (χ0v) is 9.62. The van der Waals surface area contributed by atoms with Gasteiger partial charge in [0.15, 0.2) is 0 Å². The van der Waals surface area contributed by atoms with Gasteiger partial charge in [0.25, 0.3) is 0 Å². The van der Waals surface area contributed by atoms with Gasteiger partial charge in [0.2, 0.25) is 0 Å². The van der Waals surface area contributed by atoms with Gasteiger partial charge in [-0.15, -0.1) is 0 Å². The molecule has 0 aliphatic rings. The van der Waals surface area contributed by atoms with Crippen molar-refractivity contribution in [2.24, 2.45) is 13.0 Å². The minimum atomic E-state index is 0.557. The highest BCUT2D eigenvalue weighted by Crippen LogP contribution is 2.09. The van der Waals surface area contributed by atoms with E-state index in [1.807, 2.05) is 17.9 Å². The molecule has 1 aromatic heterocycles. The van der Waals surface area contributed by atoms with E-state index >= 15 is 0 Å². The number of nitrogens with one attached hydrogen (secondary N) is 1. The van der Waals surface area contributed by atoms with Crippen molar-refractivity contribution in [3.63, 3.8) is 0 Å². The van der Waals surface area contributed by atoms with E-state index in [2.05, 4.69) is 37.3 Å². The third kappa shape index (κ3) is 3.14. The molecule has 80 valence electrons. The van der Waals surface area contributed by atoms with Crippen molar-refractivity contribution < 1.29 is 0 Å². The lowest BCUT2D eigenvalue weighted by atomic mass is 9.98. The SMILES string of the molecule is CCNC(C)C(C)Cc1ccn(C)n1. The summed E-state index contributed by atoms with van der Waals surface area (Å²) in [6.07, 6.45) is 3.05. The van der Waals surface area contributed by atoms with Gasteiger partial charge in [-0.2, -0.15) is 5.10 Å². The summed E-state index contributed by atoms with van der Waals surface area (Å²) >= 11 is 0. The van der Waals surface area contributed by atoms with Gasteiger partial charge in [-0.25, -0.2) is 0 Å². The zero-order valence-electron chi connectivity index (χ0n) is 9.62.